The Labute approximate surface area is 203 Å². The van der Waals surface area contributed by atoms with Gasteiger partial charge < -0.3 is 9.47 Å². The molecule has 0 amide bonds. The second kappa shape index (κ2) is 11.3. The smallest absolute Gasteiger partial charge is 0.338 e. The van der Waals surface area contributed by atoms with Gasteiger partial charge in [0.05, 0.1) is 16.7 Å². The first-order chi connectivity index (χ1) is 16.7. The molecule has 5 heteroatoms. The van der Waals surface area contributed by atoms with E-state index in [0.717, 1.165) is 0 Å². The van der Waals surface area contributed by atoms with Gasteiger partial charge in [-0.05, 0) is 56.3 Å². The van der Waals surface area contributed by atoms with E-state index in [1.165, 1.54) is 12.1 Å². The molecule has 4 nitrogen and oxygen atoms in total. The first-order valence-corrected chi connectivity index (χ1v) is 10.5. The zero-order valence-corrected chi connectivity index (χ0v) is 19.3. The van der Waals surface area contributed by atoms with E-state index in [0.29, 0.717) is 22.4 Å². The van der Waals surface area contributed by atoms with Crippen LogP contribution in [0.1, 0.15) is 36.1 Å². The van der Waals surface area contributed by atoms with Crippen LogP contribution in [0.2, 0.25) is 0 Å². The van der Waals surface area contributed by atoms with Gasteiger partial charge in [-0.15, -0.1) is 0 Å². The summed E-state index contributed by atoms with van der Waals surface area (Å²) in [5.41, 5.74) is 2.02. The number of hydrogen-bond donors (Lipinski definition) is 0. The summed E-state index contributed by atoms with van der Waals surface area (Å²) in [4.78, 5) is 23.7. The third kappa shape index (κ3) is 6.81. The van der Waals surface area contributed by atoms with Crippen molar-refractivity contribution in [2.45, 2.75) is 13.8 Å². The van der Waals surface area contributed by atoms with Crippen LogP contribution >= 0.6 is 0 Å². The summed E-state index contributed by atoms with van der Waals surface area (Å²) in [5, 5.41) is 0. The molecule has 0 saturated carbocycles. The van der Waals surface area contributed by atoms with Crippen LogP contribution in [0.3, 0.4) is 0 Å². The zero-order valence-electron chi connectivity index (χ0n) is 19.3. The molecular weight excluding hydrogens is 443 g/mol. The second-order valence-corrected chi connectivity index (χ2v) is 7.53. The van der Waals surface area contributed by atoms with Crippen molar-refractivity contribution in [1.82, 2.24) is 0 Å². The monoisotopic (exact) mass is 464 g/mol. The summed E-state index contributed by atoms with van der Waals surface area (Å²) < 4.78 is 25.3. The molecule has 0 heterocycles. The van der Waals surface area contributed by atoms with Crippen LogP contribution in [0.25, 0.3) is 0 Å². The van der Waals surface area contributed by atoms with E-state index < -0.39 is 17.8 Å². The Morgan fingerprint density at radius 1 is 0.686 bits per heavy atom. The number of carbonyl (C=O) groups is 2. The lowest BCUT2D eigenvalue weighted by atomic mass is 10.1. The fourth-order valence-electron chi connectivity index (χ4n) is 2.66. The third-order valence-electron chi connectivity index (χ3n) is 4.52. The molecule has 0 aliphatic heterocycles. The quantitative estimate of drug-likeness (QED) is 0.219. The highest BCUT2D eigenvalue weighted by molar-refractivity contribution is 5.89. The highest BCUT2D eigenvalue weighted by atomic mass is 19.1. The lowest BCUT2D eigenvalue weighted by Crippen LogP contribution is -2.09. The molecule has 0 radical (unpaired) electrons. The van der Waals surface area contributed by atoms with Crippen molar-refractivity contribution in [3.63, 3.8) is 0 Å². The van der Waals surface area contributed by atoms with Crippen molar-refractivity contribution in [2.24, 2.45) is 0 Å². The molecule has 0 N–H and O–H groups in total. The summed E-state index contributed by atoms with van der Waals surface area (Å²) in [5.74, 6) is 10.3. The molecule has 0 aromatic heterocycles. The molecule has 0 aliphatic rings. The van der Waals surface area contributed by atoms with E-state index >= 15 is 0 Å². The molecule has 3 aromatic rings. The molecular formula is C30H21FO4. The number of para-hydroxylation sites is 2. The number of halogens is 1. The van der Waals surface area contributed by atoms with Crippen molar-refractivity contribution in [2.75, 3.05) is 0 Å². The highest BCUT2D eigenvalue weighted by Crippen LogP contribution is 2.20. The van der Waals surface area contributed by atoms with Crippen molar-refractivity contribution in [1.29, 1.82) is 0 Å². The summed E-state index contributed by atoms with van der Waals surface area (Å²) in [7, 11) is 0. The van der Waals surface area contributed by atoms with Crippen molar-refractivity contribution < 1.29 is 23.5 Å². The van der Waals surface area contributed by atoms with Gasteiger partial charge in [0, 0.05) is 16.7 Å². The lowest BCUT2D eigenvalue weighted by molar-refractivity contribution is -0.130. The maximum absolute atomic E-state index is 14.7. The van der Waals surface area contributed by atoms with Crippen LogP contribution in [0.15, 0.2) is 91.0 Å². The summed E-state index contributed by atoms with van der Waals surface area (Å²) in [6.45, 7) is 10.2. The number of ether oxygens (including phenoxy) is 2. The lowest BCUT2D eigenvalue weighted by Gasteiger charge is -2.05. The maximum Gasteiger partial charge on any atom is 0.338 e. The Kier molecular flexibility index (Phi) is 8.01. The topological polar surface area (TPSA) is 52.6 Å². The van der Waals surface area contributed by atoms with E-state index in [-0.39, 0.29) is 22.5 Å². The van der Waals surface area contributed by atoms with Gasteiger partial charge in [0.15, 0.2) is 0 Å². The van der Waals surface area contributed by atoms with Crippen LogP contribution in [0, 0.1) is 29.5 Å². The minimum atomic E-state index is -0.565. The first-order valence-electron chi connectivity index (χ1n) is 10.5. The number of benzene rings is 3. The second-order valence-electron chi connectivity index (χ2n) is 7.53. The summed E-state index contributed by atoms with van der Waals surface area (Å²) in [6, 6.07) is 17.9. The minimum Gasteiger partial charge on any atom is -0.422 e. The first kappa shape index (κ1) is 24.8. The van der Waals surface area contributed by atoms with E-state index in [9.17, 15) is 14.0 Å². The predicted octanol–water partition coefficient (Wildman–Crippen LogP) is 5.59. The number of rotatable bonds is 4. The molecule has 0 spiro atoms. The standard InChI is InChI=1S/C30H21FO4/c1-20(2)29(32)34-27-11-7-5-9-24(27)16-14-22-13-15-23(26(31)19-22)17-18-25-10-6-8-12-28(25)35-30(33)21(3)4/h5-13,15,19H,1,3H2,2,4H3. The minimum absolute atomic E-state index is 0.160. The van der Waals surface area contributed by atoms with Crippen LogP contribution in [-0.4, -0.2) is 11.9 Å². The average molecular weight is 464 g/mol. The Bertz CT molecular complexity index is 1460. The van der Waals surface area contributed by atoms with Gasteiger partial charge in [0.25, 0.3) is 0 Å². The predicted molar refractivity (Wildman–Crippen MR) is 132 cm³/mol. The van der Waals surface area contributed by atoms with Gasteiger partial charge in [0.2, 0.25) is 0 Å². The SMILES string of the molecule is C=C(C)C(=O)Oc1ccccc1C#Cc1ccc(C#Cc2ccccc2OC(=O)C(=C)C)c(F)c1. The Morgan fingerprint density at radius 3 is 1.63 bits per heavy atom. The third-order valence-corrected chi connectivity index (χ3v) is 4.52. The molecule has 35 heavy (non-hydrogen) atoms. The van der Waals surface area contributed by atoms with Gasteiger partial charge in [-0.1, -0.05) is 61.1 Å². The van der Waals surface area contributed by atoms with Gasteiger partial charge in [0.1, 0.15) is 17.3 Å². The fraction of sp³-hybridized carbons (Fsp3) is 0.0667. The van der Waals surface area contributed by atoms with E-state index in [4.69, 9.17) is 9.47 Å². The molecule has 0 saturated heterocycles. The van der Waals surface area contributed by atoms with Crippen molar-refractivity contribution in [3.8, 4) is 35.2 Å². The Morgan fingerprint density at radius 2 is 1.14 bits per heavy atom. The molecule has 0 aliphatic carbocycles. The summed E-state index contributed by atoms with van der Waals surface area (Å²) in [6.07, 6.45) is 0. The van der Waals surface area contributed by atoms with Gasteiger partial charge in [-0.2, -0.15) is 0 Å². The normalized spacial score (nSPS) is 9.57. The fourth-order valence-corrected chi connectivity index (χ4v) is 2.66. The molecule has 3 rings (SSSR count). The van der Waals surface area contributed by atoms with Crippen LogP contribution in [-0.2, 0) is 9.59 Å². The van der Waals surface area contributed by atoms with Crippen LogP contribution in [0.5, 0.6) is 11.5 Å². The van der Waals surface area contributed by atoms with Crippen molar-refractivity contribution in [3.05, 3.63) is 119 Å². The Balaban J connectivity index is 1.83. The largest absolute Gasteiger partial charge is 0.422 e. The number of hydrogen-bond acceptors (Lipinski definition) is 4. The van der Waals surface area contributed by atoms with E-state index in [1.807, 2.05) is 0 Å². The van der Waals surface area contributed by atoms with E-state index in [1.54, 1.807) is 68.4 Å². The number of carbonyl (C=O) groups excluding carboxylic acids is 2. The van der Waals surface area contributed by atoms with Crippen LogP contribution in [0.4, 0.5) is 4.39 Å². The zero-order chi connectivity index (χ0) is 25.4. The molecule has 0 bridgehead atoms. The number of esters is 2. The highest BCUT2D eigenvalue weighted by Gasteiger charge is 2.09. The molecule has 0 fully saturated rings. The molecule has 0 atom stereocenters. The van der Waals surface area contributed by atoms with E-state index in [2.05, 4.69) is 36.8 Å². The Hall–Kier alpha value is -4.87. The van der Waals surface area contributed by atoms with Crippen molar-refractivity contribution >= 4 is 11.9 Å². The molecule has 3 aromatic carbocycles. The average Bonchev–Trinajstić information content (AvgIpc) is 2.83. The maximum atomic E-state index is 14.7. The molecule has 172 valence electrons. The van der Waals surface area contributed by atoms with Gasteiger partial charge in [-0.25, -0.2) is 14.0 Å². The molecule has 0 unspecified atom stereocenters. The van der Waals surface area contributed by atoms with Crippen LogP contribution < -0.4 is 9.47 Å². The van der Waals surface area contributed by atoms with Gasteiger partial charge in [-0.3, -0.25) is 0 Å². The van der Waals surface area contributed by atoms with Gasteiger partial charge >= 0.3 is 11.9 Å². The summed E-state index contributed by atoms with van der Waals surface area (Å²) >= 11 is 0.